The Morgan fingerprint density at radius 3 is 2.35 bits per heavy atom. The first-order valence-corrected chi connectivity index (χ1v) is 4.72. The first-order valence-electron chi connectivity index (χ1n) is 4.72. The maximum Gasteiger partial charge on any atom is 0.166 e. The van der Waals surface area contributed by atoms with E-state index in [2.05, 4.69) is 0 Å². The van der Waals surface area contributed by atoms with Crippen molar-refractivity contribution in [2.75, 3.05) is 5.73 Å². The van der Waals surface area contributed by atoms with Crippen molar-refractivity contribution < 1.29 is 18.3 Å². The third-order valence-electron chi connectivity index (χ3n) is 2.33. The lowest BCUT2D eigenvalue weighted by Crippen LogP contribution is -1.93. The van der Waals surface area contributed by atoms with E-state index in [0.717, 1.165) is 12.1 Å². The van der Waals surface area contributed by atoms with Gasteiger partial charge in [-0.1, -0.05) is 6.07 Å². The number of aromatic hydroxyl groups is 1. The summed E-state index contributed by atoms with van der Waals surface area (Å²) in [7, 11) is 0. The summed E-state index contributed by atoms with van der Waals surface area (Å²) in [6.07, 6.45) is 0. The van der Waals surface area contributed by atoms with Crippen LogP contribution in [0.3, 0.4) is 0 Å². The molecule has 3 N–H and O–H groups in total. The largest absolute Gasteiger partial charge is 0.506 e. The van der Waals surface area contributed by atoms with Crippen LogP contribution >= 0.6 is 0 Å². The highest BCUT2D eigenvalue weighted by Crippen LogP contribution is 2.30. The summed E-state index contributed by atoms with van der Waals surface area (Å²) in [5.41, 5.74) is 5.36. The zero-order valence-electron chi connectivity index (χ0n) is 8.55. The van der Waals surface area contributed by atoms with Crippen LogP contribution in [0.4, 0.5) is 18.9 Å². The number of benzene rings is 2. The molecule has 2 rings (SSSR count). The van der Waals surface area contributed by atoms with Crippen molar-refractivity contribution >= 4 is 5.69 Å². The second kappa shape index (κ2) is 4.01. The molecule has 88 valence electrons. The van der Waals surface area contributed by atoms with Gasteiger partial charge in [0.2, 0.25) is 0 Å². The zero-order chi connectivity index (χ0) is 12.6. The predicted molar refractivity (Wildman–Crippen MR) is 57.8 cm³/mol. The van der Waals surface area contributed by atoms with E-state index < -0.39 is 17.5 Å². The topological polar surface area (TPSA) is 46.2 Å². The minimum atomic E-state index is -1.28. The van der Waals surface area contributed by atoms with Crippen molar-refractivity contribution in [1.82, 2.24) is 0 Å². The predicted octanol–water partition coefficient (Wildman–Crippen LogP) is 3.06. The minimum Gasteiger partial charge on any atom is -0.506 e. The molecule has 0 saturated heterocycles. The van der Waals surface area contributed by atoms with Gasteiger partial charge in [-0.2, -0.15) is 0 Å². The number of nitrogens with two attached hydrogens (primary N) is 1. The molecule has 17 heavy (non-hydrogen) atoms. The van der Waals surface area contributed by atoms with Crippen LogP contribution in [-0.2, 0) is 0 Å². The molecule has 0 heterocycles. The third-order valence-corrected chi connectivity index (χ3v) is 2.33. The van der Waals surface area contributed by atoms with Crippen LogP contribution in [0.2, 0.25) is 0 Å². The van der Waals surface area contributed by atoms with E-state index in [1.165, 1.54) is 12.1 Å². The molecule has 0 spiro atoms. The quantitative estimate of drug-likeness (QED) is 0.456. The lowest BCUT2D eigenvalue weighted by Gasteiger charge is -2.06. The van der Waals surface area contributed by atoms with Crippen LogP contribution in [0, 0.1) is 17.5 Å². The standard InChI is InChI=1S/C12H8F3NO/c13-7-4-8(12(15)9(14)5-7)6-1-2-10(16)11(17)3-6/h1-5,17H,16H2. The van der Waals surface area contributed by atoms with Crippen LogP contribution in [0.1, 0.15) is 0 Å². The molecule has 0 bridgehead atoms. The number of hydrogen-bond acceptors (Lipinski definition) is 2. The van der Waals surface area contributed by atoms with Crippen LogP contribution in [0.5, 0.6) is 5.75 Å². The van der Waals surface area contributed by atoms with Crippen molar-refractivity contribution in [2.45, 2.75) is 0 Å². The molecule has 0 aliphatic rings. The SMILES string of the molecule is Nc1ccc(-c2cc(F)cc(F)c2F)cc1O. The zero-order valence-corrected chi connectivity index (χ0v) is 8.55. The lowest BCUT2D eigenvalue weighted by molar-refractivity contribution is 0.478. The molecule has 5 heteroatoms. The normalized spacial score (nSPS) is 10.5. The summed E-state index contributed by atoms with van der Waals surface area (Å²) >= 11 is 0. The van der Waals surface area contributed by atoms with Crippen LogP contribution in [0.15, 0.2) is 30.3 Å². The average Bonchev–Trinajstić information content (AvgIpc) is 2.27. The Balaban J connectivity index is 2.64. The Labute approximate surface area is 95.1 Å². The lowest BCUT2D eigenvalue weighted by atomic mass is 10.0. The Morgan fingerprint density at radius 1 is 1.00 bits per heavy atom. The van der Waals surface area contributed by atoms with Gasteiger partial charge in [0.15, 0.2) is 11.6 Å². The maximum atomic E-state index is 13.4. The highest BCUT2D eigenvalue weighted by molar-refractivity contribution is 5.70. The van der Waals surface area contributed by atoms with Gasteiger partial charge in [-0.15, -0.1) is 0 Å². The molecule has 0 amide bonds. The third kappa shape index (κ3) is 2.04. The van der Waals surface area contributed by atoms with E-state index in [0.29, 0.717) is 6.07 Å². The molecule has 0 aliphatic carbocycles. The van der Waals surface area contributed by atoms with E-state index in [-0.39, 0.29) is 22.6 Å². The molecule has 0 fully saturated rings. The fraction of sp³-hybridized carbons (Fsp3) is 0. The van der Waals surface area contributed by atoms with Gasteiger partial charge in [0.25, 0.3) is 0 Å². The van der Waals surface area contributed by atoms with E-state index in [4.69, 9.17) is 5.73 Å². The number of anilines is 1. The molecule has 0 radical (unpaired) electrons. The number of nitrogen functional groups attached to an aromatic ring is 1. The second-order valence-corrected chi connectivity index (χ2v) is 3.52. The van der Waals surface area contributed by atoms with Gasteiger partial charge in [-0.25, -0.2) is 13.2 Å². The Kier molecular flexibility index (Phi) is 2.67. The molecule has 0 saturated carbocycles. The Morgan fingerprint density at radius 2 is 1.71 bits per heavy atom. The molecule has 0 unspecified atom stereocenters. The molecule has 0 aliphatic heterocycles. The highest BCUT2D eigenvalue weighted by Gasteiger charge is 2.13. The van der Waals surface area contributed by atoms with Crippen molar-refractivity contribution in [1.29, 1.82) is 0 Å². The van der Waals surface area contributed by atoms with Gasteiger partial charge in [-0.3, -0.25) is 0 Å². The van der Waals surface area contributed by atoms with E-state index >= 15 is 0 Å². The number of phenolic OH excluding ortho intramolecular Hbond substituents is 1. The Bertz CT molecular complexity index is 584. The van der Waals surface area contributed by atoms with E-state index in [1.54, 1.807) is 0 Å². The highest BCUT2D eigenvalue weighted by atomic mass is 19.2. The summed E-state index contributed by atoms with van der Waals surface area (Å²) in [5, 5.41) is 9.36. The van der Waals surface area contributed by atoms with E-state index in [9.17, 15) is 18.3 Å². The second-order valence-electron chi connectivity index (χ2n) is 3.52. The summed E-state index contributed by atoms with van der Waals surface area (Å²) in [4.78, 5) is 0. The van der Waals surface area contributed by atoms with Gasteiger partial charge in [0.05, 0.1) is 5.69 Å². The summed E-state index contributed by atoms with van der Waals surface area (Å²) in [5.74, 6) is -3.62. The van der Waals surface area contributed by atoms with Gasteiger partial charge in [0.1, 0.15) is 11.6 Å². The smallest absolute Gasteiger partial charge is 0.166 e. The molecule has 2 aromatic rings. The summed E-state index contributed by atoms with van der Waals surface area (Å²) < 4.78 is 39.4. The van der Waals surface area contributed by atoms with Gasteiger partial charge in [0, 0.05) is 11.6 Å². The molecule has 0 aromatic heterocycles. The number of phenols is 1. The van der Waals surface area contributed by atoms with Crippen molar-refractivity contribution in [2.24, 2.45) is 0 Å². The summed E-state index contributed by atoms with van der Waals surface area (Å²) in [6, 6.07) is 5.14. The van der Waals surface area contributed by atoms with Crippen LogP contribution in [0.25, 0.3) is 11.1 Å². The average molecular weight is 239 g/mol. The monoisotopic (exact) mass is 239 g/mol. The molecule has 2 aromatic carbocycles. The number of halogens is 3. The number of hydrogen-bond donors (Lipinski definition) is 2. The molecular formula is C12H8F3NO. The number of rotatable bonds is 1. The van der Waals surface area contributed by atoms with Crippen LogP contribution < -0.4 is 5.73 Å². The first-order chi connectivity index (χ1) is 7.99. The summed E-state index contributed by atoms with van der Waals surface area (Å²) in [6.45, 7) is 0. The fourth-order valence-electron chi connectivity index (χ4n) is 1.48. The molecule has 2 nitrogen and oxygen atoms in total. The fourth-order valence-corrected chi connectivity index (χ4v) is 1.48. The van der Waals surface area contributed by atoms with Crippen molar-refractivity contribution in [3.05, 3.63) is 47.8 Å². The molecule has 0 atom stereocenters. The van der Waals surface area contributed by atoms with Gasteiger partial charge >= 0.3 is 0 Å². The van der Waals surface area contributed by atoms with Crippen LogP contribution in [-0.4, -0.2) is 5.11 Å². The van der Waals surface area contributed by atoms with Gasteiger partial charge in [-0.05, 0) is 23.8 Å². The van der Waals surface area contributed by atoms with Gasteiger partial charge < -0.3 is 10.8 Å². The maximum absolute atomic E-state index is 13.4. The Hall–Kier alpha value is -2.17. The molecular weight excluding hydrogens is 231 g/mol. The van der Waals surface area contributed by atoms with E-state index in [1.807, 2.05) is 0 Å². The van der Waals surface area contributed by atoms with Crippen molar-refractivity contribution in [3.8, 4) is 16.9 Å². The minimum absolute atomic E-state index is 0.103. The first kappa shape index (κ1) is 11.3. The van der Waals surface area contributed by atoms with Crippen molar-refractivity contribution in [3.63, 3.8) is 0 Å².